The summed E-state index contributed by atoms with van der Waals surface area (Å²) < 4.78 is 11.2. The maximum atomic E-state index is 13.0. The molecule has 2 amide bonds. The third-order valence-corrected chi connectivity index (χ3v) is 4.73. The van der Waals surface area contributed by atoms with Crippen LogP contribution in [0.3, 0.4) is 0 Å². The zero-order chi connectivity index (χ0) is 22.3. The number of nitrogens with one attached hydrogen (secondary N) is 2. The normalized spacial score (nSPS) is 13.3. The quantitative estimate of drug-likeness (QED) is 0.639. The van der Waals surface area contributed by atoms with Crippen LogP contribution < -0.4 is 10.6 Å². The molecule has 2 N–H and O–H groups in total. The first-order valence-electron chi connectivity index (χ1n) is 9.78. The minimum absolute atomic E-state index is 0.299. The van der Waals surface area contributed by atoms with Gasteiger partial charge in [-0.05, 0) is 51.8 Å². The fourth-order valence-corrected chi connectivity index (χ4v) is 2.86. The molecule has 0 radical (unpaired) electrons. The van der Waals surface area contributed by atoms with Crippen LogP contribution >= 0.6 is 11.6 Å². The van der Waals surface area contributed by atoms with Crippen LogP contribution in [0.1, 0.15) is 38.8 Å². The smallest absolute Gasteiger partial charge is 0.408 e. The number of carbonyl (C=O) groups excluding carboxylic acids is 2. The van der Waals surface area contributed by atoms with Gasteiger partial charge in [0, 0.05) is 0 Å². The summed E-state index contributed by atoms with van der Waals surface area (Å²) in [4.78, 5) is 25.3. The topological polar surface area (TPSA) is 76.7 Å². The maximum absolute atomic E-state index is 13.0. The molecular formula is C23H29ClN2O4. The van der Waals surface area contributed by atoms with Crippen LogP contribution in [0.4, 0.5) is 10.5 Å². The summed E-state index contributed by atoms with van der Waals surface area (Å²) >= 11 is 6.30. The van der Waals surface area contributed by atoms with Gasteiger partial charge < -0.3 is 20.1 Å². The first-order chi connectivity index (χ1) is 14.1. The molecule has 0 spiro atoms. The van der Waals surface area contributed by atoms with Gasteiger partial charge in [-0.15, -0.1) is 0 Å². The first-order valence-corrected chi connectivity index (χ1v) is 10.2. The predicted molar refractivity (Wildman–Crippen MR) is 119 cm³/mol. The molecule has 2 aromatic carbocycles. The van der Waals surface area contributed by atoms with E-state index in [1.807, 2.05) is 43.3 Å². The Morgan fingerprint density at radius 3 is 2.37 bits per heavy atom. The second-order valence-corrected chi connectivity index (χ2v) is 8.43. The molecule has 0 fully saturated rings. The van der Waals surface area contributed by atoms with Crippen molar-refractivity contribution in [2.75, 3.05) is 5.32 Å². The molecule has 0 aliphatic rings. The van der Waals surface area contributed by atoms with Gasteiger partial charge in [-0.1, -0.05) is 54.1 Å². The molecule has 0 saturated carbocycles. The highest BCUT2D eigenvalue weighted by Crippen LogP contribution is 2.25. The zero-order valence-electron chi connectivity index (χ0n) is 18.0. The fraction of sp³-hybridized carbons (Fsp3) is 0.391. The predicted octanol–water partition coefficient (Wildman–Crippen LogP) is 5.09. The molecule has 162 valence electrons. The zero-order valence-corrected chi connectivity index (χ0v) is 18.7. The van der Waals surface area contributed by atoms with Crippen molar-refractivity contribution in [1.82, 2.24) is 5.32 Å². The average Bonchev–Trinajstić information content (AvgIpc) is 2.67. The van der Waals surface area contributed by atoms with Gasteiger partial charge in [-0.3, -0.25) is 4.79 Å². The summed E-state index contributed by atoms with van der Waals surface area (Å²) in [5.74, 6) is -0.450. The van der Waals surface area contributed by atoms with E-state index in [1.165, 1.54) is 0 Å². The van der Waals surface area contributed by atoms with Crippen LogP contribution in [0.25, 0.3) is 0 Å². The number of aryl methyl sites for hydroxylation is 1. The van der Waals surface area contributed by atoms with E-state index >= 15 is 0 Å². The van der Waals surface area contributed by atoms with Crippen LogP contribution in [-0.2, 0) is 20.9 Å². The van der Waals surface area contributed by atoms with Crippen molar-refractivity contribution < 1.29 is 19.1 Å². The van der Waals surface area contributed by atoms with Crippen LogP contribution in [0, 0.1) is 6.92 Å². The van der Waals surface area contributed by atoms with E-state index in [1.54, 1.807) is 39.8 Å². The van der Waals surface area contributed by atoms with Crippen molar-refractivity contribution in [3.8, 4) is 0 Å². The largest absolute Gasteiger partial charge is 0.444 e. The van der Waals surface area contributed by atoms with Gasteiger partial charge in [0.1, 0.15) is 11.6 Å². The number of ether oxygens (including phenoxy) is 2. The second-order valence-electron chi connectivity index (χ2n) is 8.05. The molecular weight excluding hydrogens is 404 g/mol. The third kappa shape index (κ3) is 7.35. The number of halogens is 1. The molecule has 0 saturated heterocycles. The van der Waals surface area contributed by atoms with Crippen molar-refractivity contribution in [3.63, 3.8) is 0 Å². The summed E-state index contributed by atoms with van der Waals surface area (Å²) in [6, 6.07) is 13.9. The molecule has 0 heterocycles. The standard InChI is InChI=1S/C23H29ClN2O4/c1-15-10-9-13-18(19(15)24)25-21(27)20(26-22(28)30-23(3,4)5)16(2)29-14-17-11-7-6-8-12-17/h6-13,16,20H,14H2,1-5H3,(H,25,27)(H,26,28)/t16-,20-/m1/s1. The highest BCUT2D eigenvalue weighted by Gasteiger charge is 2.30. The lowest BCUT2D eigenvalue weighted by Gasteiger charge is -2.27. The number of anilines is 1. The summed E-state index contributed by atoms with van der Waals surface area (Å²) in [6.07, 6.45) is -1.32. The number of alkyl carbamates (subject to hydrolysis) is 1. The van der Waals surface area contributed by atoms with Crippen molar-refractivity contribution in [1.29, 1.82) is 0 Å². The molecule has 2 atom stereocenters. The number of carbonyl (C=O) groups is 2. The Bertz CT molecular complexity index is 865. The molecule has 30 heavy (non-hydrogen) atoms. The minimum Gasteiger partial charge on any atom is -0.444 e. The monoisotopic (exact) mass is 432 g/mol. The van der Waals surface area contributed by atoms with Gasteiger partial charge in [0.2, 0.25) is 5.91 Å². The van der Waals surface area contributed by atoms with Crippen molar-refractivity contribution in [2.45, 2.75) is 59.0 Å². The van der Waals surface area contributed by atoms with E-state index in [9.17, 15) is 9.59 Å². The SMILES string of the molecule is Cc1cccc(NC(=O)[C@H](NC(=O)OC(C)(C)C)[C@@H](C)OCc2ccccc2)c1Cl. The van der Waals surface area contributed by atoms with Crippen molar-refractivity contribution in [2.24, 2.45) is 0 Å². The third-order valence-electron chi connectivity index (χ3n) is 4.23. The molecule has 0 aliphatic carbocycles. The Kier molecular flexibility index (Phi) is 8.26. The van der Waals surface area contributed by atoms with Crippen LogP contribution in [0.2, 0.25) is 5.02 Å². The Morgan fingerprint density at radius 2 is 1.73 bits per heavy atom. The second kappa shape index (κ2) is 10.5. The van der Waals surface area contributed by atoms with Crippen LogP contribution in [0.15, 0.2) is 48.5 Å². The van der Waals surface area contributed by atoms with E-state index < -0.39 is 29.7 Å². The van der Waals surface area contributed by atoms with Gasteiger partial charge in [-0.25, -0.2) is 4.79 Å². The molecule has 0 aromatic heterocycles. The van der Waals surface area contributed by atoms with Gasteiger partial charge >= 0.3 is 6.09 Å². The van der Waals surface area contributed by atoms with E-state index in [2.05, 4.69) is 10.6 Å². The van der Waals surface area contributed by atoms with Crippen molar-refractivity contribution >= 4 is 29.3 Å². The summed E-state index contributed by atoms with van der Waals surface area (Å²) in [5, 5.41) is 5.84. The number of hydrogen-bond donors (Lipinski definition) is 2. The van der Waals surface area contributed by atoms with E-state index in [0.29, 0.717) is 17.3 Å². The molecule has 2 aromatic rings. The Hall–Kier alpha value is -2.57. The molecule has 7 heteroatoms. The van der Waals surface area contributed by atoms with Gasteiger partial charge in [-0.2, -0.15) is 0 Å². The number of benzene rings is 2. The Labute approximate surface area is 182 Å². The van der Waals surface area contributed by atoms with Crippen molar-refractivity contribution in [3.05, 3.63) is 64.7 Å². The molecule has 2 rings (SSSR count). The number of hydrogen-bond acceptors (Lipinski definition) is 4. The highest BCUT2D eigenvalue weighted by atomic mass is 35.5. The number of rotatable bonds is 7. The summed E-state index contributed by atoms with van der Waals surface area (Å²) in [7, 11) is 0. The van der Waals surface area contributed by atoms with E-state index in [-0.39, 0.29) is 0 Å². The van der Waals surface area contributed by atoms with Gasteiger partial charge in [0.25, 0.3) is 0 Å². The minimum atomic E-state index is -0.986. The molecule has 0 aliphatic heterocycles. The first kappa shape index (κ1) is 23.7. The van der Waals surface area contributed by atoms with Crippen LogP contribution in [0.5, 0.6) is 0 Å². The van der Waals surface area contributed by atoms with E-state index in [0.717, 1.165) is 11.1 Å². The van der Waals surface area contributed by atoms with E-state index in [4.69, 9.17) is 21.1 Å². The summed E-state index contributed by atoms with van der Waals surface area (Å²) in [5.41, 5.74) is 1.56. The van der Waals surface area contributed by atoms with Gasteiger partial charge in [0.15, 0.2) is 0 Å². The van der Waals surface area contributed by atoms with Crippen LogP contribution in [-0.4, -0.2) is 29.7 Å². The molecule has 6 nitrogen and oxygen atoms in total. The summed E-state index contributed by atoms with van der Waals surface area (Å²) in [6.45, 7) is 9.13. The molecule has 0 unspecified atom stereocenters. The Morgan fingerprint density at radius 1 is 1.07 bits per heavy atom. The lowest BCUT2D eigenvalue weighted by atomic mass is 10.1. The number of amides is 2. The van der Waals surface area contributed by atoms with Gasteiger partial charge in [0.05, 0.1) is 23.4 Å². The fourth-order valence-electron chi connectivity index (χ4n) is 2.68. The maximum Gasteiger partial charge on any atom is 0.408 e. The highest BCUT2D eigenvalue weighted by molar-refractivity contribution is 6.34. The molecule has 0 bridgehead atoms. The lowest BCUT2D eigenvalue weighted by molar-refractivity contribution is -0.122. The lowest BCUT2D eigenvalue weighted by Crippen LogP contribution is -2.52. The Balaban J connectivity index is 2.15. The average molecular weight is 433 g/mol.